The third-order valence-corrected chi connectivity index (χ3v) is 4.82. The molecule has 0 aromatic carbocycles. The van der Waals surface area contributed by atoms with E-state index in [1.807, 2.05) is 11.4 Å². The van der Waals surface area contributed by atoms with Gasteiger partial charge in [0, 0.05) is 11.4 Å². The number of carboxylic acid groups (broad SMARTS) is 1. The van der Waals surface area contributed by atoms with E-state index in [-0.39, 0.29) is 0 Å². The highest BCUT2D eigenvalue weighted by Crippen LogP contribution is 2.36. The van der Waals surface area contributed by atoms with Crippen LogP contribution >= 0.6 is 11.3 Å². The fraction of sp³-hybridized carbons (Fsp3) is 0.615. The lowest BCUT2D eigenvalue weighted by Gasteiger charge is -2.33. The van der Waals surface area contributed by atoms with Gasteiger partial charge in [-0.25, -0.2) is 0 Å². The fourth-order valence-electron chi connectivity index (χ4n) is 2.65. The van der Waals surface area contributed by atoms with Gasteiger partial charge in [0.15, 0.2) is 0 Å². The lowest BCUT2D eigenvalue weighted by Crippen LogP contribution is -2.39. The molecule has 92 valence electrons. The van der Waals surface area contributed by atoms with Crippen LogP contribution in [0.15, 0.2) is 11.4 Å². The SMILES string of the molecule is O=C(O)C1c2ccsc2CCN1CCC1CC1. The van der Waals surface area contributed by atoms with Gasteiger partial charge in [-0.05, 0) is 42.3 Å². The Bertz CT molecular complexity index is 425. The highest BCUT2D eigenvalue weighted by atomic mass is 32.1. The van der Waals surface area contributed by atoms with E-state index >= 15 is 0 Å². The Labute approximate surface area is 105 Å². The second kappa shape index (κ2) is 4.42. The third-order valence-electron chi connectivity index (χ3n) is 3.82. The molecule has 1 unspecified atom stereocenters. The van der Waals surface area contributed by atoms with Crippen LogP contribution in [0, 0.1) is 5.92 Å². The summed E-state index contributed by atoms with van der Waals surface area (Å²) in [4.78, 5) is 14.9. The molecule has 1 atom stereocenters. The molecule has 0 amide bonds. The van der Waals surface area contributed by atoms with Gasteiger partial charge in [-0.2, -0.15) is 0 Å². The molecule has 2 aliphatic rings. The monoisotopic (exact) mass is 251 g/mol. The summed E-state index contributed by atoms with van der Waals surface area (Å²) in [6.45, 7) is 1.84. The molecule has 2 heterocycles. The average molecular weight is 251 g/mol. The number of rotatable bonds is 4. The van der Waals surface area contributed by atoms with Crippen molar-refractivity contribution < 1.29 is 9.90 Å². The number of hydrogen-bond donors (Lipinski definition) is 1. The molecule has 17 heavy (non-hydrogen) atoms. The zero-order chi connectivity index (χ0) is 11.8. The van der Waals surface area contributed by atoms with Gasteiger partial charge >= 0.3 is 5.97 Å². The standard InChI is InChI=1S/C13H17NO2S/c15-13(16)12-10-5-8-17-11(10)4-7-14(12)6-3-9-1-2-9/h5,8-9,12H,1-4,6-7H2,(H,15,16). The van der Waals surface area contributed by atoms with E-state index in [4.69, 9.17) is 0 Å². The molecule has 1 aliphatic heterocycles. The first-order valence-electron chi connectivity index (χ1n) is 6.29. The summed E-state index contributed by atoms with van der Waals surface area (Å²) >= 11 is 1.70. The van der Waals surface area contributed by atoms with Crippen LogP contribution in [-0.4, -0.2) is 29.1 Å². The van der Waals surface area contributed by atoms with Gasteiger partial charge in [-0.15, -0.1) is 11.3 Å². The lowest BCUT2D eigenvalue weighted by molar-refractivity contribution is -0.144. The van der Waals surface area contributed by atoms with Gasteiger partial charge < -0.3 is 5.11 Å². The first kappa shape index (κ1) is 11.2. The maximum absolute atomic E-state index is 11.4. The number of hydrogen-bond acceptors (Lipinski definition) is 3. The summed E-state index contributed by atoms with van der Waals surface area (Å²) in [6, 6.07) is 1.59. The molecule has 1 aliphatic carbocycles. The van der Waals surface area contributed by atoms with Gasteiger partial charge in [0.25, 0.3) is 0 Å². The predicted molar refractivity (Wildman–Crippen MR) is 67.3 cm³/mol. The Morgan fingerprint density at radius 3 is 3.06 bits per heavy atom. The van der Waals surface area contributed by atoms with Crippen LogP contribution in [0.3, 0.4) is 0 Å². The van der Waals surface area contributed by atoms with Crippen molar-refractivity contribution in [3.05, 3.63) is 21.9 Å². The Balaban J connectivity index is 1.77. The Morgan fingerprint density at radius 2 is 2.35 bits per heavy atom. The van der Waals surface area contributed by atoms with Crippen LogP contribution in [0.2, 0.25) is 0 Å². The summed E-state index contributed by atoms with van der Waals surface area (Å²) in [6.07, 6.45) is 4.87. The molecule has 4 heteroatoms. The van der Waals surface area contributed by atoms with Gasteiger partial charge in [0.2, 0.25) is 0 Å². The van der Waals surface area contributed by atoms with Crippen molar-refractivity contribution in [2.24, 2.45) is 5.92 Å². The highest BCUT2D eigenvalue weighted by molar-refractivity contribution is 7.10. The normalized spacial score (nSPS) is 24.6. The number of carbonyl (C=O) groups is 1. The maximum atomic E-state index is 11.4. The molecule has 0 saturated heterocycles. The number of aliphatic carboxylic acids is 1. The van der Waals surface area contributed by atoms with Crippen molar-refractivity contribution in [2.45, 2.75) is 31.7 Å². The third kappa shape index (κ3) is 2.24. The van der Waals surface area contributed by atoms with Crippen molar-refractivity contribution in [1.82, 2.24) is 4.90 Å². The van der Waals surface area contributed by atoms with E-state index in [0.717, 1.165) is 31.0 Å². The van der Waals surface area contributed by atoms with Crippen LogP contribution in [-0.2, 0) is 11.2 Å². The largest absolute Gasteiger partial charge is 0.480 e. The van der Waals surface area contributed by atoms with Crippen molar-refractivity contribution in [1.29, 1.82) is 0 Å². The van der Waals surface area contributed by atoms with E-state index in [1.165, 1.54) is 24.1 Å². The summed E-state index contributed by atoms with van der Waals surface area (Å²) in [5, 5.41) is 11.4. The topological polar surface area (TPSA) is 40.5 Å². The molecule has 3 nitrogen and oxygen atoms in total. The zero-order valence-corrected chi connectivity index (χ0v) is 10.6. The highest BCUT2D eigenvalue weighted by Gasteiger charge is 2.34. The molecule has 0 radical (unpaired) electrons. The quantitative estimate of drug-likeness (QED) is 0.894. The summed E-state index contributed by atoms with van der Waals surface area (Å²) in [5.41, 5.74) is 1.03. The van der Waals surface area contributed by atoms with Crippen molar-refractivity contribution in [2.75, 3.05) is 13.1 Å². The van der Waals surface area contributed by atoms with Gasteiger partial charge in [0.05, 0.1) is 0 Å². The van der Waals surface area contributed by atoms with E-state index in [1.54, 1.807) is 11.3 Å². The van der Waals surface area contributed by atoms with Gasteiger partial charge in [-0.1, -0.05) is 12.8 Å². The van der Waals surface area contributed by atoms with Crippen molar-refractivity contribution in [3.63, 3.8) is 0 Å². The Kier molecular flexibility index (Phi) is 2.92. The molecule has 1 fully saturated rings. The molecule has 1 saturated carbocycles. The minimum Gasteiger partial charge on any atom is -0.480 e. The minimum absolute atomic E-state index is 0.399. The van der Waals surface area contributed by atoms with Gasteiger partial charge in [0.1, 0.15) is 6.04 Å². The lowest BCUT2D eigenvalue weighted by atomic mass is 9.99. The predicted octanol–water partition coefficient (Wildman–Crippen LogP) is 2.53. The first-order chi connectivity index (χ1) is 8.25. The molecule has 0 spiro atoms. The molecule has 1 aromatic heterocycles. The van der Waals surface area contributed by atoms with Crippen LogP contribution < -0.4 is 0 Å². The second-order valence-electron chi connectivity index (χ2n) is 5.06. The summed E-state index contributed by atoms with van der Waals surface area (Å²) < 4.78 is 0. The Morgan fingerprint density at radius 1 is 1.53 bits per heavy atom. The Hall–Kier alpha value is -0.870. The van der Waals surface area contributed by atoms with Crippen molar-refractivity contribution >= 4 is 17.3 Å². The second-order valence-corrected chi connectivity index (χ2v) is 6.06. The molecular formula is C13H17NO2S. The van der Waals surface area contributed by atoms with Crippen LogP contribution in [0.4, 0.5) is 0 Å². The van der Waals surface area contributed by atoms with Crippen LogP contribution in [0.5, 0.6) is 0 Å². The van der Waals surface area contributed by atoms with Crippen LogP contribution in [0.1, 0.15) is 35.7 Å². The molecule has 0 bridgehead atoms. The van der Waals surface area contributed by atoms with E-state index in [0.29, 0.717) is 0 Å². The summed E-state index contributed by atoms with van der Waals surface area (Å²) in [5.74, 6) is 0.175. The van der Waals surface area contributed by atoms with E-state index < -0.39 is 12.0 Å². The zero-order valence-electron chi connectivity index (χ0n) is 9.76. The average Bonchev–Trinajstić information content (AvgIpc) is 3.01. The summed E-state index contributed by atoms with van der Waals surface area (Å²) in [7, 11) is 0. The minimum atomic E-state index is -0.694. The van der Waals surface area contributed by atoms with E-state index in [2.05, 4.69) is 4.90 Å². The van der Waals surface area contributed by atoms with E-state index in [9.17, 15) is 9.90 Å². The molecule has 3 rings (SSSR count). The molecule has 1 aromatic rings. The van der Waals surface area contributed by atoms with Crippen LogP contribution in [0.25, 0.3) is 0 Å². The number of nitrogens with zero attached hydrogens (tertiary/aromatic N) is 1. The number of fused-ring (bicyclic) bond motifs is 1. The smallest absolute Gasteiger partial charge is 0.325 e. The number of carboxylic acids is 1. The van der Waals surface area contributed by atoms with Gasteiger partial charge in [-0.3, -0.25) is 9.69 Å². The molecule has 1 N–H and O–H groups in total. The first-order valence-corrected chi connectivity index (χ1v) is 7.17. The number of thiophene rings is 1. The maximum Gasteiger partial charge on any atom is 0.325 e. The molecular weight excluding hydrogens is 234 g/mol. The fourth-order valence-corrected chi connectivity index (χ4v) is 3.56. The van der Waals surface area contributed by atoms with Crippen molar-refractivity contribution in [3.8, 4) is 0 Å².